The fourth-order valence-corrected chi connectivity index (χ4v) is 2.38. The summed E-state index contributed by atoms with van der Waals surface area (Å²) in [6.07, 6.45) is 3.79. The molecule has 0 spiro atoms. The van der Waals surface area contributed by atoms with Crippen molar-refractivity contribution in [3.63, 3.8) is 0 Å². The van der Waals surface area contributed by atoms with E-state index in [1.54, 1.807) is 10.9 Å². The summed E-state index contributed by atoms with van der Waals surface area (Å²) >= 11 is 0. The van der Waals surface area contributed by atoms with Gasteiger partial charge in [0.05, 0.1) is 11.9 Å². The molecular formula is C12H22N6O. The maximum Gasteiger partial charge on any atom is 0.244 e. The lowest BCUT2D eigenvalue weighted by Gasteiger charge is -2.35. The topological polar surface area (TPSA) is 80.3 Å². The first-order valence-corrected chi connectivity index (χ1v) is 6.63. The second-order valence-electron chi connectivity index (χ2n) is 5.19. The third kappa shape index (κ3) is 3.51. The molecule has 2 N–H and O–H groups in total. The molecule has 0 saturated carbocycles. The first-order valence-electron chi connectivity index (χ1n) is 6.63. The van der Waals surface area contributed by atoms with Crippen LogP contribution < -0.4 is 5.73 Å². The summed E-state index contributed by atoms with van der Waals surface area (Å²) in [6.45, 7) is 2.24. The number of rotatable bonds is 4. The Morgan fingerprint density at radius 2 is 2.16 bits per heavy atom. The fraction of sp³-hybridized carbons (Fsp3) is 0.750. The summed E-state index contributed by atoms with van der Waals surface area (Å²) in [5.74, 6) is 0.102. The largest absolute Gasteiger partial charge is 0.341 e. The first kappa shape index (κ1) is 14.0. The van der Waals surface area contributed by atoms with Gasteiger partial charge < -0.3 is 15.5 Å². The molecule has 1 fully saturated rings. The van der Waals surface area contributed by atoms with Crippen LogP contribution in [-0.2, 0) is 17.9 Å². The third-order valence-corrected chi connectivity index (χ3v) is 3.64. The predicted octanol–water partition coefficient (Wildman–Crippen LogP) is -0.711. The summed E-state index contributed by atoms with van der Waals surface area (Å²) in [5.41, 5.74) is 6.17. The van der Waals surface area contributed by atoms with E-state index in [9.17, 15) is 4.79 Å². The highest BCUT2D eigenvalue weighted by Gasteiger charge is 2.24. The summed E-state index contributed by atoms with van der Waals surface area (Å²) in [4.78, 5) is 16.3. The van der Waals surface area contributed by atoms with Crippen LogP contribution in [0.25, 0.3) is 0 Å². The molecule has 106 valence electrons. The molecule has 1 saturated heterocycles. The van der Waals surface area contributed by atoms with Crippen LogP contribution in [0.2, 0.25) is 0 Å². The smallest absolute Gasteiger partial charge is 0.244 e. The van der Waals surface area contributed by atoms with E-state index >= 15 is 0 Å². The Labute approximate surface area is 113 Å². The van der Waals surface area contributed by atoms with Crippen LogP contribution in [0.3, 0.4) is 0 Å². The number of hydrogen-bond acceptors (Lipinski definition) is 5. The molecule has 0 bridgehead atoms. The van der Waals surface area contributed by atoms with Crippen molar-refractivity contribution in [2.75, 3.05) is 27.2 Å². The van der Waals surface area contributed by atoms with Crippen molar-refractivity contribution >= 4 is 5.91 Å². The number of carbonyl (C=O) groups excluding carboxylic acids is 1. The summed E-state index contributed by atoms with van der Waals surface area (Å²) in [7, 11) is 4.18. The second kappa shape index (κ2) is 6.12. The van der Waals surface area contributed by atoms with Crippen molar-refractivity contribution in [3.05, 3.63) is 11.9 Å². The lowest BCUT2D eigenvalue weighted by molar-refractivity contribution is -0.133. The van der Waals surface area contributed by atoms with Gasteiger partial charge in [0.15, 0.2) is 0 Å². The zero-order valence-electron chi connectivity index (χ0n) is 11.6. The number of nitrogens with two attached hydrogens (primary N) is 1. The van der Waals surface area contributed by atoms with Crippen molar-refractivity contribution in [2.24, 2.45) is 5.73 Å². The molecule has 1 aromatic rings. The van der Waals surface area contributed by atoms with E-state index in [4.69, 9.17) is 5.73 Å². The van der Waals surface area contributed by atoms with Crippen LogP contribution in [0.4, 0.5) is 0 Å². The SMILES string of the molecule is CN(C)C1CCN(C(=O)Cn2cc(CN)nn2)CC1. The lowest BCUT2D eigenvalue weighted by atomic mass is 10.0. The molecule has 2 rings (SSSR count). The summed E-state index contributed by atoms with van der Waals surface area (Å²) < 4.78 is 1.56. The minimum atomic E-state index is 0.102. The van der Waals surface area contributed by atoms with Crippen LogP contribution in [-0.4, -0.2) is 63.9 Å². The lowest BCUT2D eigenvalue weighted by Crippen LogP contribution is -2.45. The van der Waals surface area contributed by atoms with Crippen molar-refractivity contribution < 1.29 is 4.79 Å². The van der Waals surface area contributed by atoms with Gasteiger partial charge >= 0.3 is 0 Å². The normalized spacial score (nSPS) is 17.2. The molecule has 1 aliphatic heterocycles. The van der Waals surface area contributed by atoms with E-state index in [-0.39, 0.29) is 12.5 Å². The Balaban J connectivity index is 1.84. The van der Waals surface area contributed by atoms with Gasteiger partial charge in [-0.2, -0.15) is 0 Å². The van der Waals surface area contributed by atoms with Crippen LogP contribution in [0.5, 0.6) is 0 Å². The summed E-state index contributed by atoms with van der Waals surface area (Å²) in [5, 5.41) is 7.77. The predicted molar refractivity (Wildman–Crippen MR) is 71.2 cm³/mol. The molecule has 0 unspecified atom stereocenters. The maximum absolute atomic E-state index is 12.1. The Kier molecular flexibility index (Phi) is 4.49. The van der Waals surface area contributed by atoms with Gasteiger partial charge in [-0.3, -0.25) is 4.79 Å². The average molecular weight is 266 g/mol. The van der Waals surface area contributed by atoms with Gasteiger partial charge in [0, 0.05) is 25.7 Å². The molecule has 1 amide bonds. The van der Waals surface area contributed by atoms with E-state index in [1.165, 1.54) is 0 Å². The van der Waals surface area contributed by atoms with Crippen LogP contribution in [0, 0.1) is 0 Å². The average Bonchev–Trinajstić information content (AvgIpc) is 2.86. The van der Waals surface area contributed by atoms with Gasteiger partial charge in [0.25, 0.3) is 0 Å². The molecule has 0 aromatic carbocycles. The molecule has 0 atom stereocenters. The molecule has 7 heteroatoms. The van der Waals surface area contributed by atoms with Gasteiger partial charge in [0.1, 0.15) is 6.54 Å². The zero-order valence-corrected chi connectivity index (χ0v) is 11.6. The van der Waals surface area contributed by atoms with E-state index in [2.05, 4.69) is 29.3 Å². The second-order valence-corrected chi connectivity index (χ2v) is 5.19. The third-order valence-electron chi connectivity index (χ3n) is 3.64. The van der Waals surface area contributed by atoms with E-state index < -0.39 is 0 Å². The van der Waals surface area contributed by atoms with E-state index in [1.807, 2.05) is 4.90 Å². The van der Waals surface area contributed by atoms with Crippen molar-refractivity contribution in [3.8, 4) is 0 Å². The highest BCUT2D eigenvalue weighted by Crippen LogP contribution is 2.14. The van der Waals surface area contributed by atoms with Crippen molar-refractivity contribution in [1.82, 2.24) is 24.8 Å². The molecule has 1 aromatic heterocycles. The van der Waals surface area contributed by atoms with Gasteiger partial charge in [-0.15, -0.1) is 5.10 Å². The molecule has 2 heterocycles. The summed E-state index contributed by atoms with van der Waals surface area (Å²) in [6, 6.07) is 0.583. The maximum atomic E-state index is 12.1. The number of piperidine rings is 1. The number of aromatic nitrogens is 3. The van der Waals surface area contributed by atoms with Gasteiger partial charge in [-0.25, -0.2) is 4.68 Å². The quantitative estimate of drug-likeness (QED) is 0.778. The van der Waals surface area contributed by atoms with E-state index in [0.717, 1.165) is 25.9 Å². The van der Waals surface area contributed by atoms with Gasteiger partial charge in [-0.1, -0.05) is 5.21 Å². The Morgan fingerprint density at radius 3 is 2.68 bits per heavy atom. The standard InChI is InChI=1S/C12H22N6O/c1-16(2)11-3-5-17(6-4-11)12(19)9-18-8-10(7-13)14-15-18/h8,11H,3-7,9,13H2,1-2H3. The Bertz CT molecular complexity index is 422. The van der Waals surface area contributed by atoms with E-state index in [0.29, 0.717) is 18.3 Å². The molecule has 0 aliphatic carbocycles. The molecule has 7 nitrogen and oxygen atoms in total. The molecule has 0 radical (unpaired) electrons. The minimum absolute atomic E-state index is 0.102. The number of likely N-dealkylation sites (tertiary alicyclic amines) is 1. The Morgan fingerprint density at radius 1 is 1.47 bits per heavy atom. The molecule has 19 heavy (non-hydrogen) atoms. The van der Waals surface area contributed by atoms with Crippen molar-refractivity contribution in [2.45, 2.75) is 32.0 Å². The fourth-order valence-electron chi connectivity index (χ4n) is 2.38. The molecule has 1 aliphatic rings. The van der Waals surface area contributed by atoms with Crippen LogP contribution >= 0.6 is 0 Å². The minimum Gasteiger partial charge on any atom is -0.341 e. The van der Waals surface area contributed by atoms with Crippen LogP contribution in [0.15, 0.2) is 6.20 Å². The highest BCUT2D eigenvalue weighted by atomic mass is 16.2. The number of hydrogen-bond donors (Lipinski definition) is 1. The highest BCUT2D eigenvalue weighted by molar-refractivity contribution is 5.76. The Hall–Kier alpha value is -1.47. The van der Waals surface area contributed by atoms with Crippen LogP contribution in [0.1, 0.15) is 18.5 Å². The molecular weight excluding hydrogens is 244 g/mol. The zero-order chi connectivity index (χ0) is 13.8. The number of carbonyl (C=O) groups is 1. The number of nitrogens with zero attached hydrogens (tertiary/aromatic N) is 5. The van der Waals surface area contributed by atoms with Crippen molar-refractivity contribution in [1.29, 1.82) is 0 Å². The first-order chi connectivity index (χ1) is 9.10. The van der Waals surface area contributed by atoms with Gasteiger partial charge in [-0.05, 0) is 26.9 Å². The monoisotopic (exact) mass is 266 g/mol. The van der Waals surface area contributed by atoms with Gasteiger partial charge in [0.2, 0.25) is 5.91 Å². The number of amides is 1.